The lowest BCUT2D eigenvalue weighted by Gasteiger charge is -2.29. The van der Waals surface area contributed by atoms with Crippen LogP contribution in [-0.2, 0) is 11.3 Å². The number of nitrogens with two attached hydrogens (primary N) is 1. The smallest absolute Gasteiger partial charge is 0.156 e. The number of hydrogen-bond donors (Lipinski definition) is 1. The van der Waals surface area contributed by atoms with E-state index in [1.807, 2.05) is 4.90 Å². The lowest BCUT2D eigenvalue weighted by Crippen LogP contribution is -2.41. The molecule has 0 amide bonds. The quantitative estimate of drug-likeness (QED) is 0.781. The van der Waals surface area contributed by atoms with Gasteiger partial charge in [-0.25, -0.2) is 4.39 Å². The SMILES string of the molecule is N#CC1CN(Cc2ccc(N)cc2F)CCO1. The normalized spacial score (nSPS) is 21.1. The van der Waals surface area contributed by atoms with Gasteiger partial charge in [0, 0.05) is 30.9 Å². The Kier molecular flexibility index (Phi) is 3.57. The molecule has 1 atom stereocenters. The average molecular weight is 235 g/mol. The molecule has 0 bridgehead atoms. The number of anilines is 1. The van der Waals surface area contributed by atoms with Crippen molar-refractivity contribution in [1.29, 1.82) is 5.26 Å². The van der Waals surface area contributed by atoms with Gasteiger partial charge >= 0.3 is 0 Å². The van der Waals surface area contributed by atoms with Gasteiger partial charge in [-0.15, -0.1) is 0 Å². The Morgan fingerprint density at radius 1 is 1.59 bits per heavy atom. The van der Waals surface area contributed by atoms with Crippen molar-refractivity contribution in [2.24, 2.45) is 0 Å². The molecule has 1 unspecified atom stereocenters. The molecule has 0 aromatic heterocycles. The number of benzene rings is 1. The van der Waals surface area contributed by atoms with Gasteiger partial charge in [-0.3, -0.25) is 4.90 Å². The Morgan fingerprint density at radius 2 is 2.41 bits per heavy atom. The van der Waals surface area contributed by atoms with Crippen LogP contribution in [0.2, 0.25) is 0 Å². The Labute approximate surface area is 99.4 Å². The van der Waals surface area contributed by atoms with Crippen LogP contribution in [0.4, 0.5) is 10.1 Å². The molecule has 1 heterocycles. The third-order valence-electron chi connectivity index (χ3n) is 2.77. The summed E-state index contributed by atoms with van der Waals surface area (Å²) in [7, 11) is 0. The molecule has 0 aliphatic carbocycles. The number of ether oxygens (including phenoxy) is 1. The Morgan fingerprint density at radius 3 is 3.12 bits per heavy atom. The van der Waals surface area contributed by atoms with Gasteiger partial charge in [0.1, 0.15) is 5.82 Å². The minimum Gasteiger partial charge on any atom is -0.399 e. The second-order valence-electron chi connectivity index (χ2n) is 4.07. The van der Waals surface area contributed by atoms with Crippen molar-refractivity contribution in [2.45, 2.75) is 12.6 Å². The lowest BCUT2D eigenvalue weighted by atomic mass is 10.1. The first-order valence-corrected chi connectivity index (χ1v) is 5.46. The standard InChI is InChI=1S/C12H14FN3O/c13-12-5-10(15)2-1-9(12)7-16-3-4-17-11(6-14)8-16/h1-2,5,11H,3-4,7-8,15H2. The van der Waals surface area contributed by atoms with Gasteiger partial charge in [0.15, 0.2) is 6.10 Å². The minimum absolute atomic E-state index is 0.301. The van der Waals surface area contributed by atoms with Gasteiger partial charge in [-0.2, -0.15) is 5.26 Å². The molecule has 0 saturated carbocycles. The number of rotatable bonds is 2. The van der Waals surface area contributed by atoms with Crippen LogP contribution in [0.25, 0.3) is 0 Å². The molecule has 1 aliphatic heterocycles. The van der Waals surface area contributed by atoms with Crippen LogP contribution >= 0.6 is 0 Å². The van der Waals surface area contributed by atoms with Gasteiger partial charge in [0.05, 0.1) is 12.7 Å². The molecule has 4 nitrogen and oxygen atoms in total. The summed E-state index contributed by atoms with van der Waals surface area (Å²) in [4.78, 5) is 2.01. The van der Waals surface area contributed by atoms with Crippen LogP contribution < -0.4 is 5.73 Å². The maximum Gasteiger partial charge on any atom is 0.156 e. The molecule has 90 valence electrons. The van der Waals surface area contributed by atoms with Gasteiger partial charge in [-0.1, -0.05) is 6.07 Å². The summed E-state index contributed by atoms with van der Waals surface area (Å²) >= 11 is 0. The van der Waals surface area contributed by atoms with Gasteiger partial charge in [0.25, 0.3) is 0 Å². The predicted octanol–water partition coefficient (Wildman–Crippen LogP) is 1.13. The van der Waals surface area contributed by atoms with E-state index in [4.69, 9.17) is 15.7 Å². The lowest BCUT2D eigenvalue weighted by molar-refractivity contribution is -0.00304. The maximum absolute atomic E-state index is 13.6. The molecular formula is C12H14FN3O. The molecule has 0 spiro atoms. The van der Waals surface area contributed by atoms with E-state index >= 15 is 0 Å². The molecule has 0 radical (unpaired) electrons. The zero-order chi connectivity index (χ0) is 12.3. The van der Waals surface area contributed by atoms with E-state index in [1.54, 1.807) is 12.1 Å². The molecule has 1 fully saturated rings. The molecule has 1 aromatic carbocycles. The molecule has 1 aliphatic rings. The van der Waals surface area contributed by atoms with Crippen LogP contribution in [0.3, 0.4) is 0 Å². The molecule has 5 heteroatoms. The van der Waals surface area contributed by atoms with Gasteiger partial charge in [0.2, 0.25) is 0 Å². The Hall–Kier alpha value is -1.64. The van der Waals surface area contributed by atoms with Crippen LogP contribution in [0.1, 0.15) is 5.56 Å². The van der Waals surface area contributed by atoms with Crippen molar-refractivity contribution in [1.82, 2.24) is 4.90 Å². The zero-order valence-electron chi connectivity index (χ0n) is 9.40. The monoisotopic (exact) mass is 235 g/mol. The molecule has 1 saturated heterocycles. The maximum atomic E-state index is 13.6. The largest absolute Gasteiger partial charge is 0.399 e. The van der Waals surface area contributed by atoms with Gasteiger partial charge < -0.3 is 10.5 Å². The third-order valence-corrected chi connectivity index (χ3v) is 2.77. The second kappa shape index (κ2) is 5.13. The minimum atomic E-state index is -0.416. The summed E-state index contributed by atoms with van der Waals surface area (Å²) in [6.45, 7) is 2.21. The molecular weight excluding hydrogens is 221 g/mol. The van der Waals surface area contributed by atoms with Crippen LogP contribution in [-0.4, -0.2) is 30.7 Å². The molecule has 17 heavy (non-hydrogen) atoms. The van der Waals surface area contributed by atoms with Gasteiger partial charge in [-0.05, 0) is 12.1 Å². The highest BCUT2D eigenvalue weighted by molar-refractivity contribution is 5.40. The number of nitrogen functional groups attached to an aromatic ring is 1. The number of morpholine rings is 1. The fraction of sp³-hybridized carbons (Fsp3) is 0.417. The number of nitrogens with zero attached hydrogens (tertiary/aromatic N) is 2. The summed E-state index contributed by atoms with van der Waals surface area (Å²) in [5.74, 6) is -0.301. The van der Waals surface area contributed by atoms with E-state index in [-0.39, 0.29) is 5.82 Å². The van der Waals surface area contributed by atoms with E-state index in [1.165, 1.54) is 6.07 Å². The highest BCUT2D eigenvalue weighted by Crippen LogP contribution is 2.15. The third kappa shape index (κ3) is 2.93. The van der Waals surface area contributed by atoms with E-state index in [0.29, 0.717) is 37.5 Å². The number of hydrogen-bond acceptors (Lipinski definition) is 4. The summed E-state index contributed by atoms with van der Waals surface area (Å²) in [6, 6.07) is 6.75. The van der Waals surface area contributed by atoms with E-state index in [9.17, 15) is 4.39 Å². The predicted molar refractivity (Wildman–Crippen MR) is 61.4 cm³/mol. The fourth-order valence-corrected chi connectivity index (χ4v) is 1.86. The van der Waals surface area contributed by atoms with E-state index in [0.717, 1.165) is 0 Å². The van der Waals surface area contributed by atoms with E-state index in [2.05, 4.69) is 6.07 Å². The Bertz CT molecular complexity index is 444. The van der Waals surface area contributed by atoms with Crippen molar-refractivity contribution in [3.05, 3.63) is 29.6 Å². The summed E-state index contributed by atoms with van der Waals surface area (Å²) in [5, 5.41) is 8.77. The zero-order valence-corrected chi connectivity index (χ0v) is 9.40. The molecule has 2 N–H and O–H groups in total. The highest BCUT2D eigenvalue weighted by atomic mass is 19.1. The first-order chi connectivity index (χ1) is 8.19. The summed E-state index contributed by atoms with van der Waals surface area (Å²) < 4.78 is 18.8. The summed E-state index contributed by atoms with van der Waals surface area (Å²) in [6.07, 6.45) is -0.416. The molecule has 1 aromatic rings. The number of nitriles is 1. The second-order valence-corrected chi connectivity index (χ2v) is 4.07. The number of halogens is 1. The average Bonchev–Trinajstić information content (AvgIpc) is 2.33. The van der Waals surface area contributed by atoms with Crippen molar-refractivity contribution >= 4 is 5.69 Å². The van der Waals surface area contributed by atoms with Crippen molar-refractivity contribution in [2.75, 3.05) is 25.4 Å². The van der Waals surface area contributed by atoms with Crippen molar-refractivity contribution < 1.29 is 9.13 Å². The van der Waals surface area contributed by atoms with Crippen molar-refractivity contribution in [3.8, 4) is 6.07 Å². The Balaban J connectivity index is 2.03. The van der Waals surface area contributed by atoms with E-state index < -0.39 is 6.10 Å². The van der Waals surface area contributed by atoms with Crippen LogP contribution in [0.5, 0.6) is 0 Å². The summed E-state index contributed by atoms with van der Waals surface area (Å²) in [5.41, 5.74) is 6.50. The highest BCUT2D eigenvalue weighted by Gasteiger charge is 2.20. The van der Waals surface area contributed by atoms with Crippen molar-refractivity contribution in [3.63, 3.8) is 0 Å². The van der Waals surface area contributed by atoms with Crippen LogP contribution in [0.15, 0.2) is 18.2 Å². The topological polar surface area (TPSA) is 62.3 Å². The van der Waals surface area contributed by atoms with Crippen LogP contribution in [0, 0.1) is 17.1 Å². The first-order valence-electron chi connectivity index (χ1n) is 5.46. The fourth-order valence-electron chi connectivity index (χ4n) is 1.86. The molecule has 2 rings (SSSR count). The first kappa shape index (κ1) is 11.8.